The van der Waals surface area contributed by atoms with Crippen molar-refractivity contribution in [3.05, 3.63) is 65.4 Å². The zero-order valence-electron chi connectivity index (χ0n) is 16.2. The first-order chi connectivity index (χ1) is 14.1. The number of carbonyl (C=O) groups excluding carboxylic acids is 1. The van der Waals surface area contributed by atoms with Crippen LogP contribution in [0.3, 0.4) is 0 Å². The molecule has 1 N–H and O–H groups in total. The SMILES string of the molecule is Cc1ccc(NC(=O)C2CCN(c3ccc(-c4cccnc4)nn3)CC2)cc1Cl. The lowest BCUT2D eigenvalue weighted by Crippen LogP contribution is -2.38. The predicted molar refractivity (Wildman–Crippen MR) is 115 cm³/mol. The van der Waals surface area contributed by atoms with E-state index in [1.807, 2.05) is 43.3 Å². The molecule has 0 atom stereocenters. The maximum Gasteiger partial charge on any atom is 0.227 e. The zero-order valence-corrected chi connectivity index (χ0v) is 16.9. The van der Waals surface area contributed by atoms with Gasteiger partial charge in [0.2, 0.25) is 5.91 Å². The van der Waals surface area contributed by atoms with Crippen LogP contribution in [0.5, 0.6) is 0 Å². The molecule has 3 heterocycles. The van der Waals surface area contributed by atoms with Crippen molar-refractivity contribution in [1.29, 1.82) is 0 Å². The van der Waals surface area contributed by atoms with Gasteiger partial charge in [0.05, 0.1) is 5.69 Å². The van der Waals surface area contributed by atoms with Gasteiger partial charge >= 0.3 is 0 Å². The Bertz CT molecular complexity index is 986. The summed E-state index contributed by atoms with van der Waals surface area (Å²) in [6.07, 6.45) is 5.06. The first kappa shape index (κ1) is 19.3. The lowest BCUT2D eigenvalue weighted by Gasteiger charge is -2.31. The quantitative estimate of drug-likeness (QED) is 0.695. The number of hydrogen-bond acceptors (Lipinski definition) is 5. The second-order valence-electron chi connectivity index (χ2n) is 7.23. The van der Waals surface area contributed by atoms with Crippen molar-refractivity contribution in [2.45, 2.75) is 19.8 Å². The molecule has 1 amide bonds. The first-order valence-electron chi connectivity index (χ1n) is 9.66. The zero-order chi connectivity index (χ0) is 20.2. The van der Waals surface area contributed by atoms with Gasteiger partial charge in [0, 0.05) is 47.7 Å². The summed E-state index contributed by atoms with van der Waals surface area (Å²) in [4.78, 5) is 18.9. The fourth-order valence-electron chi connectivity index (χ4n) is 3.45. The second-order valence-corrected chi connectivity index (χ2v) is 7.64. The molecule has 7 heteroatoms. The average Bonchev–Trinajstić information content (AvgIpc) is 2.77. The van der Waals surface area contributed by atoms with E-state index < -0.39 is 0 Å². The van der Waals surface area contributed by atoms with Crippen molar-refractivity contribution in [2.75, 3.05) is 23.3 Å². The van der Waals surface area contributed by atoms with Gasteiger partial charge in [-0.3, -0.25) is 9.78 Å². The Morgan fingerprint density at radius 3 is 2.62 bits per heavy atom. The standard InChI is InChI=1S/C22H22ClN5O/c1-15-4-5-18(13-19(15)23)25-22(29)16-8-11-28(12-9-16)21-7-6-20(26-27-21)17-3-2-10-24-14-17/h2-7,10,13-14,16H,8-9,11-12H2,1H3,(H,25,29). The van der Waals surface area contributed by atoms with Crippen LogP contribution in [0.2, 0.25) is 5.02 Å². The minimum atomic E-state index is -0.0195. The highest BCUT2D eigenvalue weighted by Gasteiger charge is 2.26. The number of halogens is 1. The van der Waals surface area contributed by atoms with Crippen molar-refractivity contribution in [3.63, 3.8) is 0 Å². The fourth-order valence-corrected chi connectivity index (χ4v) is 3.63. The van der Waals surface area contributed by atoms with Crippen molar-refractivity contribution >= 4 is 29.0 Å². The van der Waals surface area contributed by atoms with Crippen LogP contribution in [0, 0.1) is 12.8 Å². The number of piperidine rings is 1. The van der Waals surface area contributed by atoms with E-state index in [-0.39, 0.29) is 11.8 Å². The topological polar surface area (TPSA) is 71.0 Å². The van der Waals surface area contributed by atoms with Crippen LogP contribution in [0.25, 0.3) is 11.3 Å². The molecule has 1 aliphatic heterocycles. The van der Waals surface area contributed by atoms with Crippen LogP contribution >= 0.6 is 11.6 Å². The van der Waals surface area contributed by atoms with E-state index in [0.29, 0.717) is 5.02 Å². The number of amides is 1. The molecule has 29 heavy (non-hydrogen) atoms. The van der Waals surface area contributed by atoms with Crippen molar-refractivity contribution < 1.29 is 4.79 Å². The predicted octanol–water partition coefficient (Wildman–Crippen LogP) is 4.36. The number of benzene rings is 1. The van der Waals surface area contributed by atoms with Gasteiger partial charge in [-0.15, -0.1) is 10.2 Å². The minimum absolute atomic E-state index is 0.0195. The van der Waals surface area contributed by atoms with Crippen LogP contribution in [0.15, 0.2) is 54.9 Å². The first-order valence-corrected chi connectivity index (χ1v) is 10.0. The van der Waals surface area contributed by atoms with Crippen LogP contribution in [-0.4, -0.2) is 34.2 Å². The Morgan fingerprint density at radius 1 is 1.14 bits per heavy atom. The molecular formula is C22H22ClN5O. The number of aromatic nitrogens is 3. The van der Waals surface area contributed by atoms with Gasteiger partial charge in [0.1, 0.15) is 0 Å². The largest absolute Gasteiger partial charge is 0.355 e. The monoisotopic (exact) mass is 407 g/mol. The molecule has 0 radical (unpaired) electrons. The summed E-state index contributed by atoms with van der Waals surface area (Å²) in [5.74, 6) is 0.860. The van der Waals surface area contributed by atoms with E-state index in [0.717, 1.165) is 54.3 Å². The molecule has 4 rings (SSSR count). The number of pyridine rings is 1. The molecule has 0 bridgehead atoms. The second kappa shape index (κ2) is 8.57. The minimum Gasteiger partial charge on any atom is -0.355 e. The molecule has 1 saturated heterocycles. The highest BCUT2D eigenvalue weighted by molar-refractivity contribution is 6.31. The Hall–Kier alpha value is -2.99. The Morgan fingerprint density at radius 2 is 1.97 bits per heavy atom. The van der Waals surface area contributed by atoms with Crippen molar-refractivity contribution in [3.8, 4) is 11.3 Å². The van der Waals surface area contributed by atoms with Crippen LogP contribution in [-0.2, 0) is 4.79 Å². The number of aryl methyl sites for hydroxylation is 1. The van der Waals surface area contributed by atoms with Crippen LogP contribution < -0.4 is 10.2 Å². The molecule has 1 aliphatic rings. The third-order valence-corrected chi connectivity index (χ3v) is 5.64. The van der Waals surface area contributed by atoms with Gasteiger partial charge in [-0.2, -0.15) is 0 Å². The molecule has 0 aliphatic carbocycles. The average molecular weight is 408 g/mol. The molecule has 1 aromatic carbocycles. The third-order valence-electron chi connectivity index (χ3n) is 5.24. The van der Waals surface area contributed by atoms with E-state index in [1.165, 1.54) is 0 Å². The molecule has 1 fully saturated rings. The summed E-state index contributed by atoms with van der Waals surface area (Å²) in [6, 6.07) is 13.4. The van der Waals surface area contributed by atoms with Gasteiger partial charge in [-0.25, -0.2) is 0 Å². The highest BCUT2D eigenvalue weighted by atomic mass is 35.5. The lowest BCUT2D eigenvalue weighted by molar-refractivity contribution is -0.120. The maximum absolute atomic E-state index is 12.6. The molecule has 0 unspecified atom stereocenters. The van der Waals surface area contributed by atoms with Gasteiger partial charge < -0.3 is 10.2 Å². The van der Waals surface area contributed by atoms with Gasteiger partial charge in [-0.1, -0.05) is 17.7 Å². The number of rotatable bonds is 4. The molecule has 0 saturated carbocycles. The van der Waals surface area contributed by atoms with E-state index in [1.54, 1.807) is 18.5 Å². The summed E-state index contributed by atoms with van der Waals surface area (Å²) >= 11 is 6.15. The Labute approximate surface area is 174 Å². The molecular weight excluding hydrogens is 386 g/mol. The van der Waals surface area contributed by atoms with E-state index >= 15 is 0 Å². The number of nitrogens with one attached hydrogen (secondary N) is 1. The lowest BCUT2D eigenvalue weighted by atomic mass is 9.95. The van der Waals surface area contributed by atoms with E-state index in [4.69, 9.17) is 11.6 Å². The smallest absolute Gasteiger partial charge is 0.227 e. The van der Waals surface area contributed by atoms with Crippen molar-refractivity contribution in [1.82, 2.24) is 15.2 Å². The molecule has 0 spiro atoms. The summed E-state index contributed by atoms with van der Waals surface area (Å²) in [5.41, 5.74) is 3.48. The molecule has 2 aromatic heterocycles. The van der Waals surface area contributed by atoms with Crippen LogP contribution in [0.4, 0.5) is 11.5 Å². The highest BCUT2D eigenvalue weighted by Crippen LogP contribution is 2.25. The number of hydrogen-bond donors (Lipinski definition) is 1. The summed E-state index contributed by atoms with van der Waals surface area (Å²) in [5, 5.41) is 12.3. The molecule has 3 aromatic rings. The normalized spacial score (nSPS) is 14.6. The molecule has 148 valence electrons. The Kier molecular flexibility index (Phi) is 5.71. The number of nitrogens with zero attached hydrogens (tertiary/aromatic N) is 4. The summed E-state index contributed by atoms with van der Waals surface area (Å²) in [7, 11) is 0. The van der Waals surface area contributed by atoms with Crippen molar-refractivity contribution in [2.24, 2.45) is 5.92 Å². The number of anilines is 2. The fraction of sp³-hybridized carbons (Fsp3) is 0.273. The third kappa shape index (κ3) is 4.54. The molecule has 6 nitrogen and oxygen atoms in total. The maximum atomic E-state index is 12.6. The van der Waals surface area contributed by atoms with Gasteiger partial charge in [-0.05, 0) is 61.7 Å². The number of carbonyl (C=O) groups is 1. The van der Waals surface area contributed by atoms with Gasteiger partial charge in [0.25, 0.3) is 0 Å². The Balaban J connectivity index is 1.34. The van der Waals surface area contributed by atoms with Crippen LogP contribution in [0.1, 0.15) is 18.4 Å². The van der Waals surface area contributed by atoms with E-state index in [9.17, 15) is 4.79 Å². The van der Waals surface area contributed by atoms with Gasteiger partial charge in [0.15, 0.2) is 5.82 Å². The summed E-state index contributed by atoms with van der Waals surface area (Å²) in [6.45, 7) is 3.48. The summed E-state index contributed by atoms with van der Waals surface area (Å²) < 4.78 is 0. The van der Waals surface area contributed by atoms with E-state index in [2.05, 4.69) is 25.4 Å².